The van der Waals surface area contributed by atoms with E-state index in [1.54, 1.807) is 0 Å². The van der Waals surface area contributed by atoms with Gasteiger partial charge >= 0.3 is 5.91 Å². The van der Waals surface area contributed by atoms with Crippen molar-refractivity contribution in [3.05, 3.63) is 23.7 Å². The quantitative estimate of drug-likeness (QED) is 0.434. The molecule has 5 nitrogen and oxygen atoms in total. The number of halogens is 2. The van der Waals surface area contributed by atoms with E-state index in [4.69, 9.17) is 10.3 Å². The lowest BCUT2D eigenvalue weighted by molar-refractivity contribution is 0.00428. The van der Waals surface area contributed by atoms with Gasteiger partial charge in [0.05, 0.1) is 0 Å². The maximum Gasteiger partial charge on any atom is 0.300 e. The number of carbonyl (C=O) groups excluding carboxylic acids is 1. The summed E-state index contributed by atoms with van der Waals surface area (Å²) >= 11 is 0. The van der Waals surface area contributed by atoms with Crippen molar-refractivity contribution in [2.75, 3.05) is 6.61 Å². The van der Waals surface area contributed by atoms with Crippen LogP contribution in [0.3, 0.4) is 0 Å². The molecular formula is C8H10F2N2O3. The van der Waals surface area contributed by atoms with Crippen LogP contribution in [0.4, 0.5) is 8.78 Å². The SMILES string of the molecule is NNC(=O)c1ccc(COCC(F)F)o1. The molecule has 1 aromatic heterocycles. The Morgan fingerprint density at radius 1 is 1.60 bits per heavy atom. The summed E-state index contributed by atoms with van der Waals surface area (Å²) in [5.74, 6) is 4.57. The zero-order valence-electron chi connectivity index (χ0n) is 7.70. The normalized spacial score (nSPS) is 10.7. The maximum atomic E-state index is 11.7. The summed E-state index contributed by atoms with van der Waals surface area (Å²) in [7, 11) is 0. The van der Waals surface area contributed by atoms with E-state index in [-0.39, 0.29) is 18.1 Å². The second-order valence-corrected chi connectivity index (χ2v) is 2.65. The molecule has 0 saturated heterocycles. The van der Waals surface area contributed by atoms with Crippen molar-refractivity contribution >= 4 is 5.91 Å². The highest BCUT2D eigenvalue weighted by molar-refractivity contribution is 5.90. The first-order chi connectivity index (χ1) is 7.13. The number of alkyl halides is 2. The van der Waals surface area contributed by atoms with E-state index in [1.165, 1.54) is 12.1 Å². The van der Waals surface area contributed by atoms with Crippen LogP contribution >= 0.6 is 0 Å². The van der Waals surface area contributed by atoms with Crippen LogP contribution in [0.15, 0.2) is 16.5 Å². The fourth-order valence-corrected chi connectivity index (χ4v) is 0.897. The molecule has 0 unspecified atom stereocenters. The molecule has 0 aliphatic rings. The first kappa shape index (κ1) is 11.6. The van der Waals surface area contributed by atoms with E-state index in [0.29, 0.717) is 0 Å². The van der Waals surface area contributed by atoms with Gasteiger partial charge in [-0.25, -0.2) is 14.6 Å². The molecule has 15 heavy (non-hydrogen) atoms. The fourth-order valence-electron chi connectivity index (χ4n) is 0.897. The molecule has 0 aliphatic heterocycles. The summed E-state index contributed by atoms with van der Waals surface area (Å²) in [4.78, 5) is 10.9. The van der Waals surface area contributed by atoms with Crippen molar-refractivity contribution in [3.63, 3.8) is 0 Å². The summed E-state index contributed by atoms with van der Waals surface area (Å²) in [6, 6.07) is 2.83. The third kappa shape index (κ3) is 3.64. The lowest BCUT2D eigenvalue weighted by atomic mass is 10.4. The average Bonchev–Trinajstić information content (AvgIpc) is 2.65. The van der Waals surface area contributed by atoms with Gasteiger partial charge in [0.2, 0.25) is 0 Å². The molecule has 1 heterocycles. The molecule has 3 N–H and O–H groups in total. The van der Waals surface area contributed by atoms with Crippen molar-refractivity contribution in [1.29, 1.82) is 0 Å². The van der Waals surface area contributed by atoms with Gasteiger partial charge in [0, 0.05) is 0 Å². The molecule has 0 saturated carbocycles. The molecule has 0 aliphatic carbocycles. The van der Waals surface area contributed by atoms with Crippen LogP contribution in [0.25, 0.3) is 0 Å². The molecule has 0 fully saturated rings. The summed E-state index contributed by atoms with van der Waals surface area (Å²) in [6.45, 7) is -0.776. The molecule has 1 aromatic rings. The minimum absolute atomic E-state index is 0.00754. The van der Waals surface area contributed by atoms with Crippen LogP contribution in [0, 0.1) is 0 Å². The Morgan fingerprint density at radius 2 is 2.33 bits per heavy atom. The number of hydrogen-bond donors (Lipinski definition) is 2. The Labute approximate surface area is 84.2 Å². The number of nitrogens with one attached hydrogen (secondary N) is 1. The van der Waals surface area contributed by atoms with Crippen LogP contribution in [-0.4, -0.2) is 18.9 Å². The maximum absolute atomic E-state index is 11.7. The molecule has 0 aromatic carbocycles. The van der Waals surface area contributed by atoms with Gasteiger partial charge in [0.25, 0.3) is 6.43 Å². The first-order valence-electron chi connectivity index (χ1n) is 4.09. The van der Waals surface area contributed by atoms with Gasteiger partial charge in [0.15, 0.2) is 5.76 Å². The number of hydrazine groups is 1. The molecule has 0 bridgehead atoms. The molecule has 0 atom stereocenters. The molecule has 1 rings (SSSR count). The van der Waals surface area contributed by atoms with E-state index in [0.717, 1.165) is 0 Å². The fraction of sp³-hybridized carbons (Fsp3) is 0.375. The second-order valence-electron chi connectivity index (χ2n) is 2.65. The predicted molar refractivity (Wildman–Crippen MR) is 46.0 cm³/mol. The Kier molecular flexibility index (Phi) is 4.19. The Hall–Kier alpha value is -1.47. The van der Waals surface area contributed by atoms with Gasteiger partial charge in [-0.05, 0) is 12.1 Å². The molecule has 0 spiro atoms. The zero-order valence-corrected chi connectivity index (χ0v) is 7.70. The summed E-state index contributed by atoms with van der Waals surface area (Å²) in [5.41, 5.74) is 1.88. The predicted octanol–water partition coefficient (Wildman–Crippen LogP) is 0.665. The lowest BCUT2D eigenvalue weighted by Crippen LogP contribution is -2.29. The van der Waals surface area contributed by atoms with Gasteiger partial charge in [-0.2, -0.15) is 0 Å². The molecule has 84 valence electrons. The number of furan rings is 1. The highest BCUT2D eigenvalue weighted by Crippen LogP contribution is 2.09. The number of carbonyl (C=O) groups is 1. The minimum atomic E-state index is -2.52. The topological polar surface area (TPSA) is 77.5 Å². The van der Waals surface area contributed by atoms with Crippen LogP contribution < -0.4 is 11.3 Å². The zero-order chi connectivity index (χ0) is 11.3. The number of rotatable bonds is 5. The van der Waals surface area contributed by atoms with Crippen LogP contribution in [0.2, 0.25) is 0 Å². The van der Waals surface area contributed by atoms with E-state index in [1.807, 2.05) is 5.43 Å². The summed E-state index contributed by atoms with van der Waals surface area (Å²) in [5, 5.41) is 0. The average molecular weight is 220 g/mol. The van der Waals surface area contributed by atoms with E-state index in [9.17, 15) is 13.6 Å². The van der Waals surface area contributed by atoms with Crippen LogP contribution in [0.1, 0.15) is 16.3 Å². The summed E-state index contributed by atoms with van der Waals surface area (Å²) in [6.07, 6.45) is -2.52. The van der Waals surface area contributed by atoms with Crippen molar-refractivity contribution in [2.45, 2.75) is 13.0 Å². The van der Waals surface area contributed by atoms with Crippen molar-refractivity contribution in [1.82, 2.24) is 5.43 Å². The standard InChI is InChI=1S/C8H10F2N2O3/c9-7(10)4-14-3-5-1-2-6(15-5)8(13)12-11/h1-2,7H,3-4,11H2,(H,12,13). The largest absolute Gasteiger partial charge is 0.453 e. The number of nitrogens with two attached hydrogens (primary N) is 1. The Bertz CT molecular complexity index is 327. The number of amides is 1. The smallest absolute Gasteiger partial charge is 0.300 e. The molecule has 7 heteroatoms. The van der Waals surface area contributed by atoms with E-state index >= 15 is 0 Å². The number of nitrogen functional groups attached to an aromatic ring is 1. The van der Waals surface area contributed by atoms with Crippen LogP contribution in [-0.2, 0) is 11.3 Å². The number of hydrogen-bond acceptors (Lipinski definition) is 4. The first-order valence-corrected chi connectivity index (χ1v) is 4.09. The van der Waals surface area contributed by atoms with Gasteiger partial charge in [-0.1, -0.05) is 0 Å². The van der Waals surface area contributed by atoms with E-state index in [2.05, 4.69) is 4.74 Å². The third-order valence-electron chi connectivity index (χ3n) is 1.50. The van der Waals surface area contributed by atoms with Gasteiger partial charge in [-0.15, -0.1) is 0 Å². The van der Waals surface area contributed by atoms with Gasteiger partial charge in [0.1, 0.15) is 19.0 Å². The van der Waals surface area contributed by atoms with Crippen LogP contribution in [0.5, 0.6) is 0 Å². The minimum Gasteiger partial charge on any atom is -0.453 e. The summed E-state index contributed by atoms with van der Waals surface area (Å²) < 4.78 is 32.9. The highest BCUT2D eigenvalue weighted by Gasteiger charge is 2.10. The molecule has 0 radical (unpaired) electrons. The molecular weight excluding hydrogens is 210 g/mol. The van der Waals surface area contributed by atoms with Crippen molar-refractivity contribution < 1.29 is 22.7 Å². The molecule has 1 amide bonds. The monoisotopic (exact) mass is 220 g/mol. The Morgan fingerprint density at radius 3 is 2.93 bits per heavy atom. The van der Waals surface area contributed by atoms with Crippen molar-refractivity contribution in [3.8, 4) is 0 Å². The van der Waals surface area contributed by atoms with Gasteiger partial charge in [-0.3, -0.25) is 10.2 Å². The lowest BCUT2D eigenvalue weighted by Gasteiger charge is -2.00. The van der Waals surface area contributed by atoms with Crippen molar-refractivity contribution in [2.24, 2.45) is 5.84 Å². The third-order valence-corrected chi connectivity index (χ3v) is 1.50. The van der Waals surface area contributed by atoms with Gasteiger partial charge < -0.3 is 9.15 Å². The van der Waals surface area contributed by atoms with E-state index < -0.39 is 18.9 Å². The highest BCUT2D eigenvalue weighted by atomic mass is 19.3. The second kappa shape index (κ2) is 5.42. The Balaban J connectivity index is 2.43. The number of ether oxygens (including phenoxy) is 1.